The van der Waals surface area contributed by atoms with Gasteiger partial charge >= 0.3 is 5.63 Å². The minimum Gasteiger partial charge on any atom is -0.494 e. The lowest BCUT2D eigenvalue weighted by atomic mass is 10.0. The van der Waals surface area contributed by atoms with Crippen molar-refractivity contribution in [2.75, 3.05) is 19.8 Å². The first-order valence-electron chi connectivity index (χ1n) is 9.18. The van der Waals surface area contributed by atoms with Gasteiger partial charge in [0.1, 0.15) is 23.7 Å². The fourth-order valence-electron chi connectivity index (χ4n) is 2.93. The van der Waals surface area contributed by atoms with Gasteiger partial charge < -0.3 is 19.2 Å². The zero-order chi connectivity index (χ0) is 19.2. The summed E-state index contributed by atoms with van der Waals surface area (Å²) in [6.45, 7) is 8.37. The van der Waals surface area contributed by atoms with E-state index in [1.165, 1.54) is 0 Å². The van der Waals surface area contributed by atoms with E-state index in [0.717, 1.165) is 33.6 Å². The smallest absolute Gasteiger partial charge is 0.336 e. The Bertz CT molecular complexity index is 960. The predicted octanol–water partition coefficient (Wildman–Crippen LogP) is 3.98. The highest BCUT2D eigenvalue weighted by molar-refractivity contribution is 5.83. The third kappa shape index (κ3) is 4.68. The van der Waals surface area contributed by atoms with E-state index in [9.17, 15) is 4.79 Å². The molecule has 3 aromatic rings. The Kier molecular flexibility index (Phi) is 6.14. The van der Waals surface area contributed by atoms with Crippen molar-refractivity contribution in [3.8, 4) is 11.5 Å². The second-order valence-electron chi connectivity index (χ2n) is 6.40. The van der Waals surface area contributed by atoms with Crippen LogP contribution in [0, 0.1) is 13.8 Å². The highest BCUT2D eigenvalue weighted by atomic mass is 16.5. The number of ether oxygens (including phenoxy) is 2. The summed E-state index contributed by atoms with van der Waals surface area (Å²) in [4.78, 5) is 11.9. The number of nitrogens with one attached hydrogen (secondary N) is 1. The molecule has 0 aliphatic carbocycles. The molecule has 2 aromatic carbocycles. The Morgan fingerprint density at radius 1 is 1.00 bits per heavy atom. The highest BCUT2D eigenvalue weighted by Gasteiger charge is 2.09. The van der Waals surface area contributed by atoms with E-state index >= 15 is 0 Å². The van der Waals surface area contributed by atoms with Crippen molar-refractivity contribution in [2.24, 2.45) is 0 Å². The zero-order valence-corrected chi connectivity index (χ0v) is 16.0. The molecule has 0 unspecified atom stereocenters. The molecule has 0 bridgehead atoms. The lowest BCUT2D eigenvalue weighted by molar-refractivity contribution is 0.311. The molecule has 1 aromatic heterocycles. The largest absolute Gasteiger partial charge is 0.494 e. The molecule has 0 amide bonds. The van der Waals surface area contributed by atoms with Gasteiger partial charge in [0.15, 0.2) is 0 Å². The first-order valence-corrected chi connectivity index (χ1v) is 9.18. The number of rotatable bonds is 8. The monoisotopic (exact) mass is 367 g/mol. The van der Waals surface area contributed by atoms with Crippen molar-refractivity contribution in [3.05, 3.63) is 69.6 Å². The molecule has 5 heteroatoms. The average molecular weight is 367 g/mol. The van der Waals surface area contributed by atoms with Gasteiger partial charge in [-0.05, 0) is 61.7 Å². The highest BCUT2D eigenvalue weighted by Crippen LogP contribution is 2.23. The van der Waals surface area contributed by atoms with Crippen LogP contribution in [0.25, 0.3) is 11.0 Å². The van der Waals surface area contributed by atoms with Crippen LogP contribution in [0.15, 0.2) is 51.7 Å². The van der Waals surface area contributed by atoms with E-state index in [2.05, 4.69) is 11.4 Å². The lowest BCUT2D eigenvalue weighted by Crippen LogP contribution is -2.21. The van der Waals surface area contributed by atoms with Crippen LogP contribution in [0.3, 0.4) is 0 Å². The van der Waals surface area contributed by atoms with Gasteiger partial charge in [-0.1, -0.05) is 12.1 Å². The average Bonchev–Trinajstić information content (AvgIpc) is 2.66. The summed E-state index contributed by atoms with van der Waals surface area (Å²) in [5.74, 6) is 1.64. The molecule has 0 spiro atoms. The maximum Gasteiger partial charge on any atom is 0.336 e. The third-order valence-electron chi connectivity index (χ3n) is 4.52. The van der Waals surface area contributed by atoms with Crippen LogP contribution in [0.4, 0.5) is 0 Å². The molecule has 0 radical (unpaired) electrons. The molecule has 0 aliphatic rings. The summed E-state index contributed by atoms with van der Waals surface area (Å²) in [5, 5.41) is 4.30. The molecule has 27 heavy (non-hydrogen) atoms. The molecule has 0 atom stereocenters. The molecule has 0 aliphatic heterocycles. The molecule has 142 valence electrons. The number of aryl methyl sites for hydroxylation is 2. The van der Waals surface area contributed by atoms with Crippen LogP contribution in [0.1, 0.15) is 23.6 Å². The molecule has 1 N–H and O–H groups in total. The number of benzene rings is 2. The second kappa shape index (κ2) is 8.73. The molecule has 0 saturated heterocycles. The Morgan fingerprint density at radius 3 is 2.41 bits per heavy atom. The van der Waals surface area contributed by atoms with Gasteiger partial charge in [-0.15, -0.1) is 0 Å². The van der Waals surface area contributed by atoms with Crippen LogP contribution < -0.4 is 20.4 Å². The minimum atomic E-state index is -0.321. The lowest BCUT2D eigenvalue weighted by Gasteiger charge is -2.11. The van der Waals surface area contributed by atoms with Crippen molar-refractivity contribution >= 4 is 11.0 Å². The molecule has 5 nitrogen and oxygen atoms in total. The fraction of sp³-hybridized carbons (Fsp3) is 0.318. The van der Waals surface area contributed by atoms with Gasteiger partial charge in [0, 0.05) is 24.5 Å². The summed E-state index contributed by atoms with van der Waals surface area (Å²) in [7, 11) is 0. The van der Waals surface area contributed by atoms with Gasteiger partial charge in [0.05, 0.1) is 6.61 Å². The fourth-order valence-corrected chi connectivity index (χ4v) is 2.93. The van der Waals surface area contributed by atoms with Crippen molar-refractivity contribution in [1.29, 1.82) is 0 Å². The Balaban J connectivity index is 1.56. The SMILES string of the molecule is CCOc1ccc(OCCNCc2cc(=O)oc3c(C)c(C)ccc23)cc1. The van der Waals surface area contributed by atoms with E-state index in [1.54, 1.807) is 6.07 Å². The first kappa shape index (κ1) is 19.0. The number of fused-ring (bicyclic) bond motifs is 1. The zero-order valence-electron chi connectivity index (χ0n) is 16.0. The van der Waals surface area contributed by atoms with E-state index < -0.39 is 0 Å². The topological polar surface area (TPSA) is 60.7 Å². The van der Waals surface area contributed by atoms with Gasteiger partial charge in [-0.25, -0.2) is 4.79 Å². The number of hydrogen-bond donors (Lipinski definition) is 1. The van der Waals surface area contributed by atoms with Crippen molar-refractivity contribution in [1.82, 2.24) is 5.32 Å². The summed E-state index contributed by atoms with van der Waals surface area (Å²) < 4.78 is 16.5. The maximum absolute atomic E-state index is 11.9. The summed E-state index contributed by atoms with van der Waals surface area (Å²) >= 11 is 0. The molecule has 0 fully saturated rings. The molecular formula is C22H25NO4. The Labute approximate surface area is 158 Å². The summed E-state index contributed by atoms with van der Waals surface area (Å²) in [6, 6.07) is 13.2. The summed E-state index contributed by atoms with van der Waals surface area (Å²) in [5.41, 5.74) is 3.40. The summed E-state index contributed by atoms with van der Waals surface area (Å²) in [6.07, 6.45) is 0. The van der Waals surface area contributed by atoms with Gasteiger partial charge in [-0.3, -0.25) is 0 Å². The first-order chi connectivity index (χ1) is 13.1. The van der Waals surface area contributed by atoms with E-state index in [1.807, 2.05) is 51.1 Å². The quantitative estimate of drug-likeness (QED) is 0.482. The minimum absolute atomic E-state index is 0.321. The van der Waals surface area contributed by atoms with Crippen molar-refractivity contribution in [2.45, 2.75) is 27.3 Å². The van der Waals surface area contributed by atoms with Crippen LogP contribution in [0.5, 0.6) is 11.5 Å². The standard InChI is InChI=1S/C22H25NO4/c1-4-25-18-6-8-19(9-7-18)26-12-11-23-14-17-13-21(24)27-22-16(3)15(2)5-10-20(17)22/h5-10,13,23H,4,11-12,14H2,1-3H3. The van der Waals surface area contributed by atoms with Crippen molar-refractivity contribution < 1.29 is 13.9 Å². The molecule has 3 rings (SSSR count). The van der Waals surface area contributed by atoms with Crippen LogP contribution >= 0.6 is 0 Å². The van der Waals surface area contributed by atoms with E-state index in [4.69, 9.17) is 13.9 Å². The Morgan fingerprint density at radius 2 is 1.70 bits per heavy atom. The maximum atomic E-state index is 11.9. The van der Waals surface area contributed by atoms with Gasteiger partial charge in [0.25, 0.3) is 0 Å². The van der Waals surface area contributed by atoms with E-state index in [-0.39, 0.29) is 5.63 Å². The van der Waals surface area contributed by atoms with E-state index in [0.29, 0.717) is 31.9 Å². The van der Waals surface area contributed by atoms with Crippen LogP contribution in [-0.2, 0) is 6.54 Å². The Hall–Kier alpha value is -2.79. The number of hydrogen-bond acceptors (Lipinski definition) is 5. The van der Waals surface area contributed by atoms with Crippen LogP contribution in [0.2, 0.25) is 0 Å². The normalized spacial score (nSPS) is 10.9. The van der Waals surface area contributed by atoms with Gasteiger partial charge in [0.2, 0.25) is 0 Å². The van der Waals surface area contributed by atoms with Crippen LogP contribution in [-0.4, -0.2) is 19.8 Å². The second-order valence-corrected chi connectivity index (χ2v) is 6.40. The molecular weight excluding hydrogens is 342 g/mol. The molecule has 1 heterocycles. The van der Waals surface area contributed by atoms with Crippen molar-refractivity contribution in [3.63, 3.8) is 0 Å². The molecule has 0 saturated carbocycles. The third-order valence-corrected chi connectivity index (χ3v) is 4.52. The van der Waals surface area contributed by atoms with Gasteiger partial charge in [-0.2, -0.15) is 0 Å². The predicted molar refractivity (Wildman–Crippen MR) is 107 cm³/mol.